The van der Waals surface area contributed by atoms with Crippen LogP contribution in [0, 0.1) is 6.92 Å². The Morgan fingerprint density at radius 2 is 2.11 bits per heavy atom. The van der Waals surface area contributed by atoms with Crippen molar-refractivity contribution in [3.63, 3.8) is 0 Å². The van der Waals surface area contributed by atoms with Gasteiger partial charge < -0.3 is 10.1 Å². The molecule has 0 aliphatic heterocycles. The van der Waals surface area contributed by atoms with Gasteiger partial charge in [0, 0.05) is 24.6 Å². The van der Waals surface area contributed by atoms with E-state index in [1.165, 1.54) is 0 Å². The first-order valence-corrected chi connectivity index (χ1v) is 6.05. The van der Waals surface area contributed by atoms with Gasteiger partial charge in [0.05, 0.1) is 12.1 Å². The molecule has 4 heteroatoms. The van der Waals surface area contributed by atoms with Gasteiger partial charge in [-0.15, -0.1) is 0 Å². The van der Waals surface area contributed by atoms with Crippen LogP contribution in [0.3, 0.4) is 0 Å². The molecule has 1 aromatic heterocycles. The number of nitrogens with zero attached hydrogens (tertiary/aromatic N) is 1. The Morgan fingerprint density at radius 1 is 1.28 bits per heavy atom. The Labute approximate surface area is 112 Å². The summed E-state index contributed by atoms with van der Waals surface area (Å²) in [4.78, 5) is 4.16. The minimum atomic E-state index is 0.602. The zero-order chi connectivity index (χ0) is 13.0. The summed E-state index contributed by atoms with van der Waals surface area (Å²) in [6.45, 7) is 2.75. The molecule has 1 N–H and O–H groups in total. The van der Waals surface area contributed by atoms with Crippen molar-refractivity contribution in [1.29, 1.82) is 0 Å². The lowest BCUT2D eigenvalue weighted by atomic mass is 10.2. The van der Waals surface area contributed by atoms with Crippen molar-refractivity contribution in [3.8, 4) is 5.75 Å². The van der Waals surface area contributed by atoms with Gasteiger partial charge in [-0.05, 0) is 36.2 Å². The lowest BCUT2D eigenvalue weighted by molar-refractivity contribution is 0.415. The number of hydrogen-bond acceptors (Lipinski definition) is 3. The average molecular weight is 263 g/mol. The molecule has 2 aromatic rings. The van der Waals surface area contributed by atoms with Crippen LogP contribution < -0.4 is 10.1 Å². The zero-order valence-electron chi connectivity index (χ0n) is 10.4. The fraction of sp³-hybridized carbons (Fsp3) is 0.214. The summed E-state index contributed by atoms with van der Waals surface area (Å²) < 4.78 is 5.11. The SMILES string of the molecule is COc1ccc(NCc2cncc(C)c2)cc1Cl. The van der Waals surface area contributed by atoms with Gasteiger partial charge in [-0.3, -0.25) is 4.98 Å². The number of pyridine rings is 1. The molecule has 0 saturated carbocycles. The Kier molecular flexibility index (Phi) is 4.05. The average Bonchev–Trinajstić information content (AvgIpc) is 2.37. The highest BCUT2D eigenvalue weighted by atomic mass is 35.5. The molecule has 18 heavy (non-hydrogen) atoms. The number of benzene rings is 1. The number of methoxy groups -OCH3 is 1. The van der Waals surface area contributed by atoms with Crippen LogP contribution in [0.2, 0.25) is 5.02 Å². The van der Waals surface area contributed by atoms with E-state index in [-0.39, 0.29) is 0 Å². The maximum absolute atomic E-state index is 6.06. The highest BCUT2D eigenvalue weighted by Gasteiger charge is 2.01. The van der Waals surface area contributed by atoms with E-state index >= 15 is 0 Å². The van der Waals surface area contributed by atoms with E-state index < -0.39 is 0 Å². The molecule has 0 spiro atoms. The molecule has 3 nitrogen and oxygen atoms in total. The summed E-state index contributed by atoms with van der Waals surface area (Å²) in [5, 5.41) is 3.90. The zero-order valence-corrected chi connectivity index (χ0v) is 11.2. The van der Waals surface area contributed by atoms with Crippen LogP contribution in [0.15, 0.2) is 36.7 Å². The normalized spacial score (nSPS) is 10.2. The second kappa shape index (κ2) is 5.74. The molecule has 0 saturated heterocycles. The van der Waals surface area contributed by atoms with Crippen molar-refractivity contribution >= 4 is 17.3 Å². The van der Waals surface area contributed by atoms with Crippen molar-refractivity contribution in [3.05, 3.63) is 52.8 Å². The maximum Gasteiger partial charge on any atom is 0.137 e. The van der Waals surface area contributed by atoms with Crippen molar-refractivity contribution in [2.75, 3.05) is 12.4 Å². The summed E-state index contributed by atoms with van der Waals surface area (Å²) in [5.41, 5.74) is 3.26. The monoisotopic (exact) mass is 262 g/mol. The van der Waals surface area contributed by atoms with E-state index in [1.807, 2.05) is 37.5 Å². The van der Waals surface area contributed by atoms with E-state index in [2.05, 4.69) is 16.4 Å². The summed E-state index contributed by atoms with van der Waals surface area (Å²) in [6.07, 6.45) is 3.69. The number of ether oxygens (including phenoxy) is 1. The topological polar surface area (TPSA) is 34.1 Å². The number of rotatable bonds is 4. The van der Waals surface area contributed by atoms with Gasteiger partial charge in [0.1, 0.15) is 5.75 Å². The quantitative estimate of drug-likeness (QED) is 0.913. The van der Waals surface area contributed by atoms with Crippen LogP contribution in [-0.4, -0.2) is 12.1 Å². The number of aromatic nitrogens is 1. The Morgan fingerprint density at radius 3 is 2.78 bits per heavy atom. The summed E-state index contributed by atoms with van der Waals surface area (Å²) in [5.74, 6) is 0.680. The van der Waals surface area contributed by atoms with Gasteiger partial charge in [0.2, 0.25) is 0 Å². The number of aryl methyl sites for hydroxylation is 1. The number of anilines is 1. The molecule has 0 atom stereocenters. The third kappa shape index (κ3) is 3.14. The minimum absolute atomic E-state index is 0.602. The first-order chi connectivity index (χ1) is 8.69. The minimum Gasteiger partial charge on any atom is -0.495 e. The number of nitrogens with one attached hydrogen (secondary N) is 1. The van der Waals surface area contributed by atoms with Gasteiger partial charge in [0.25, 0.3) is 0 Å². The highest BCUT2D eigenvalue weighted by Crippen LogP contribution is 2.27. The van der Waals surface area contributed by atoms with Gasteiger partial charge in [-0.1, -0.05) is 17.7 Å². The largest absolute Gasteiger partial charge is 0.495 e. The van der Waals surface area contributed by atoms with Crippen LogP contribution in [0.25, 0.3) is 0 Å². The van der Waals surface area contributed by atoms with Crippen LogP contribution in [-0.2, 0) is 6.54 Å². The Hall–Kier alpha value is -1.74. The molecule has 0 unspecified atom stereocenters. The highest BCUT2D eigenvalue weighted by molar-refractivity contribution is 6.32. The number of halogens is 1. The third-order valence-corrected chi connectivity index (χ3v) is 2.88. The molecular formula is C14H15ClN2O. The summed E-state index contributed by atoms with van der Waals surface area (Å²) >= 11 is 6.06. The van der Waals surface area contributed by atoms with Crippen LogP contribution in [0.1, 0.15) is 11.1 Å². The molecule has 0 aliphatic carbocycles. The van der Waals surface area contributed by atoms with Crippen molar-refractivity contribution in [2.45, 2.75) is 13.5 Å². The van der Waals surface area contributed by atoms with Gasteiger partial charge >= 0.3 is 0 Å². The second-order valence-corrected chi connectivity index (χ2v) is 4.48. The van der Waals surface area contributed by atoms with Gasteiger partial charge in [-0.25, -0.2) is 0 Å². The predicted octanol–water partition coefficient (Wildman–Crippen LogP) is 3.66. The fourth-order valence-corrected chi connectivity index (χ4v) is 1.95. The van der Waals surface area contributed by atoms with Gasteiger partial charge in [0.15, 0.2) is 0 Å². The first-order valence-electron chi connectivity index (χ1n) is 5.67. The molecule has 0 fully saturated rings. The van der Waals surface area contributed by atoms with Crippen LogP contribution >= 0.6 is 11.6 Å². The number of hydrogen-bond donors (Lipinski definition) is 1. The molecule has 94 valence electrons. The predicted molar refractivity (Wildman–Crippen MR) is 74.3 cm³/mol. The summed E-state index contributed by atoms with van der Waals surface area (Å²) in [6, 6.07) is 7.74. The van der Waals surface area contributed by atoms with Crippen molar-refractivity contribution in [1.82, 2.24) is 4.98 Å². The fourth-order valence-electron chi connectivity index (χ4n) is 1.69. The van der Waals surface area contributed by atoms with E-state index in [0.717, 1.165) is 23.4 Å². The standard InChI is InChI=1S/C14H15ClN2O/c1-10-5-11(8-16-7-10)9-17-12-3-4-14(18-2)13(15)6-12/h3-8,17H,9H2,1-2H3. The lowest BCUT2D eigenvalue weighted by Gasteiger charge is -2.09. The van der Waals surface area contributed by atoms with E-state index in [9.17, 15) is 0 Å². The second-order valence-electron chi connectivity index (χ2n) is 4.07. The molecule has 1 heterocycles. The molecule has 0 radical (unpaired) electrons. The smallest absolute Gasteiger partial charge is 0.137 e. The third-order valence-electron chi connectivity index (χ3n) is 2.58. The lowest BCUT2D eigenvalue weighted by Crippen LogP contribution is -2.00. The van der Waals surface area contributed by atoms with E-state index in [0.29, 0.717) is 10.8 Å². The molecule has 2 rings (SSSR count). The van der Waals surface area contributed by atoms with E-state index in [4.69, 9.17) is 16.3 Å². The van der Waals surface area contributed by atoms with Crippen molar-refractivity contribution < 1.29 is 4.74 Å². The van der Waals surface area contributed by atoms with Crippen LogP contribution in [0.5, 0.6) is 5.75 Å². The van der Waals surface area contributed by atoms with Crippen molar-refractivity contribution in [2.24, 2.45) is 0 Å². The van der Waals surface area contributed by atoms with Gasteiger partial charge in [-0.2, -0.15) is 0 Å². The Bertz CT molecular complexity index is 543. The summed E-state index contributed by atoms with van der Waals surface area (Å²) in [7, 11) is 1.60. The molecule has 0 amide bonds. The molecule has 1 aromatic carbocycles. The maximum atomic E-state index is 6.06. The first kappa shape index (κ1) is 12.7. The Balaban J connectivity index is 2.04. The molecule has 0 bridgehead atoms. The van der Waals surface area contributed by atoms with E-state index in [1.54, 1.807) is 7.11 Å². The van der Waals surface area contributed by atoms with Crippen LogP contribution in [0.4, 0.5) is 5.69 Å². The molecular weight excluding hydrogens is 248 g/mol. The molecule has 0 aliphatic rings.